The van der Waals surface area contributed by atoms with E-state index in [2.05, 4.69) is 80.0 Å². The van der Waals surface area contributed by atoms with E-state index >= 15 is 0 Å². The minimum atomic E-state index is -0.152. The first-order chi connectivity index (χ1) is 61.5. The van der Waals surface area contributed by atoms with E-state index in [0.717, 1.165) is 122 Å². The molecule has 4 amide bonds. The summed E-state index contributed by atoms with van der Waals surface area (Å²) >= 11 is 25.4. The summed E-state index contributed by atoms with van der Waals surface area (Å²) in [4.78, 5) is 125. The van der Waals surface area contributed by atoms with Crippen molar-refractivity contribution in [3.63, 3.8) is 0 Å². The zero-order valence-electron chi connectivity index (χ0n) is 71.5. The highest BCUT2D eigenvalue weighted by atomic mass is 35.5. The van der Waals surface area contributed by atoms with Crippen LogP contribution in [-0.4, -0.2) is 203 Å². The van der Waals surface area contributed by atoms with Crippen molar-refractivity contribution in [2.75, 3.05) is 26.2 Å². The van der Waals surface area contributed by atoms with Gasteiger partial charge < -0.3 is 38.5 Å². The van der Waals surface area contributed by atoms with Crippen molar-refractivity contribution in [2.24, 2.45) is 23.7 Å². The SMILES string of the molecule is Cc1cnc(OC2CC3CCC2N(C(=O)c2cc(C)cnc2-c2ncccn2)C3)c(Cl)c1.Cc1cnc(OC2CC3CCC2N(C(=O)c2cc(C)cnc2-n2nccn2)C3)c(Cl)c1.Cc1cnc(OC2CC3CCC2N(C(=O)c2nc(C)ccc2-c2ncccn2)C3)c(Cl)c1.Cc1cnc(OC2CC3CCC2N(C(=O)c2ncc(C)cc2-c2ncccn2)C3)c(Cl)c1. The first-order valence-electron chi connectivity index (χ1n) is 42.9. The van der Waals surface area contributed by atoms with Gasteiger partial charge in [-0.3, -0.25) is 29.1 Å². The summed E-state index contributed by atoms with van der Waals surface area (Å²) in [6.07, 6.45) is 36.1. The van der Waals surface area contributed by atoms with Crippen LogP contribution in [-0.2, 0) is 0 Å². The summed E-state index contributed by atoms with van der Waals surface area (Å²) in [5.74, 6) is 4.73. The quantitative estimate of drug-likeness (QED) is 0.0867. The second kappa shape index (κ2) is 38.2. The lowest BCUT2D eigenvalue weighted by atomic mass is 9.77. The molecule has 12 unspecified atom stereocenters. The predicted octanol–water partition coefficient (Wildman–Crippen LogP) is 16.2. The van der Waals surface area contributed by atoms with Gasteiger partial charge in [-0.1, -0.05) is 46.4 Å². The number of pyridine rings is 8. The fourth-order valence-electron chi connectivity index (χ4n) is 18.8. The van der Waals surface area contributed by atoms with Crippen LogP contribution >= 0.6 is 46.4 Å². The van der Waals surface area contributed by atoms with Gasteiger partial charge in [0.25, 0.3) is 23.6 Å². The average Bonchev–Trinajstić information content (AvgIpc) is 1.49. The molecule has 12 aliphatic rings. The molecule has 0 aromatic carbocycles. The van der Waals surface area contributed by atoms with Gasteiger partial charge in [-0.05, 0) is 268 Å². The fraction of sp³-hybridized carbons (Fsp3) is 0.383. The van der Waals surface area contributed by atoms with Crippen molar-refractivity contribution in [3.8, 4) is 63.6 Å². The van der Waals surface area contributed by atoms with Gasteiger partial charge in [-0.25, -0.2) is 59.8 Å². The number of ether oxygens (including phenoxy) is 4. The Hall–Kier alpha value is -12.2. The molecule has 0 N–H and O–H groups in total. The molecule has 12 aromatic rings. The van der Waals surface area contributed by atoms with Crippen molar-refractivity contribution in [3.05, 3.63) is 253 Å². The monoisotopic (exact) mass is 1790 g/mol. The van der Waals surface area contributed by atoms with Gasteiger partial charge in [0.15, 0.2) is 23.3 Å². The highest BCUT2D eigenvalue weighted by Gasteiger charge is 2.50. The fourth-order valence-corrected chi connectivity index (χ4v) is 19.8. The van der Waals surface area contributed by atoms with E-state index in [-0.39, 0.29) is 72.2 Å². The number of hydrogen-bond acceptors (Lipinski definition) is 24. The normalized spacial score (nSPS) is 22.2. The number of aromatic nitrogens is 17. The van der Waals surface area contributed by atoms with E-state index in [4.69, 9.17) is 65.4 Å². The number of fused-ring (bicyclic) bond motifs is 12. The lowest BCUT2D eigenvalue weighted by Crippen LogP contribution is -2.59. The summed E-state index contributed by atoms with van der Waals surface area (Å²) in [6.45, 7) is 18.2. The maximum atomic E-state index is 13.8. The lowest BCUT2D eigenvalue weighted by molar-refractivity contribution is -0.0315. The second-order valence-corrected chi connectivity index (χ2v) is 35.9. The molecule has 8 aliphatic heterocycles. The number of halogens is 4. The molecule has 12 aromatic heterocycles. The Bertz CT molecular complexity index is 5860. The molecule has 12 fully saturated rings. The van der Waals surface area contributed by atoms with Crippen LogP contribution in [0.4, 0.5) is 0 Å². The summed E-state index contributed by atoms with van der Waals surface area (Å²) in [5.41, 5.74) is 11.0. The number of hydrogen-bond donors (Lipinski definition) is 0. The molecule has 12 atom stereocenters. The second-order valence-electron chi connectivity index (χ2n) is 34.2. The number of nitrogens with zero attached hydrogens (tertiary/aromatic N) is 21. The molecule has 8 saturated heterocycles. The molecule has 20 heterocycles. The van der Waals surface area contributed by atoms with E-state index in [1.54, 1.807) is 111 Å². The highest BCUT2D eigenvalue weighted by Crippen LogP contribution is 2.45. The molecule has 24 rings (SSSR count). The molecule has 4 saturated carbocycles. The van der Waals surface area contributed by atoms with E-state index in [9.17, 15) is 19.2 Å². The number of rotatable bonds is 16. The van der Waals surface area contributed by atoms with Crippen LogP contribution < -0.4 is 18.9 Å². The molecule has 4 aliphatic carbocycles. The number of carbonyl (C=O) groups excluding carboxylic acids is 4. The minimum absolute atomic E-state index is 0.0447. The maximum absolute atomic E-state index is 13.8. The lowest BCUT2D eigenvalue weighted by Gasteiger charge is -2.49. The van der Waals surface area contributed by atoms with Crippen LogP contribution in [0.1, 0.15) is 163 Å². The van der Waals surface area contributed by atoms with Crippen molar-refractivity contribution >= 4 is 70.0 Å². The topological polar surface area (TPSA) is 329 Å². The van der Waals surface area contributed by atoms with Crippen LogP contribution in [0.3, 0.4) is 0 Å². The Balaban J connectivity index is 0.000000119. The maximum Gasteiger partial charge on any atom is 0.273 e. The Labute approximate surface area is 755 Å². The summed E-state index contributed by atoms with van der Waals surface area (Å²) < 4.78 is 25.0. The number of piperidine rings is 8. The smallest absolute Gasteiger partial charge is 0.273 e. The van der Waals surface area contributed by atoms with Crippen LogP contribution in [0, 0.1) is 79.1 Å². The van der Waals surface area contributed by atoms with Crippen molar-refractivity contribution in [2.45, 2.75) is 181 Å². The van der Waals surface area contributed by atoms with Crippen LogP contribution in [0.15, 0.2) is 166 Å². The van der Waals surface area contributed by atoms with Crippen molar-refractivity contribution in [1.82, 2.24) is 104 Å². The Kier molecular flexibility index (Phi) is 26.1. The van der Waals surface area contributed by atoms with Crippen LogP contribution in [0.5, 0.6) is 23.5 Å². The largest absolute Gasteiger partial charge is 0.471 e. The third-order valence-corrected chi connectivity index (χ3v) is 25.8. The minimum Gasteiger partial charge on any atom is -0.471 e. The molecule has 8 bridgehead atoms. The first kappa shape index (κ1) is 86.9. The summed E-state index contributed by atoms with van der Waals surface area (Å²) in [5, 5.41) is 10.3. The van der Waals surface area contributed by atoms with Gasteiger partial charge in [0.05, 0.1) is 58.8 Å². The van der Waals surface area contributed by atoms with Gasteiger partial charge in [0, 0.05) is 112 Å². The number of carbonyl (C=O) groups is 4. The van der Waals surface area contributed by atoms with E-state index in [1.807, 2.05) is 130 Å². The molecule has 127 heavy (non-hydrogen) atoms. The van der Waals surface area contributed by atoms with Gasteiger partial charge >= 0.3 is 0 Å². The predicted molar refractivity (Wildman–Crippen MR) is 476 cm³/mol. The van der Waals surface area contributed by atoms with Gasteiger partial charge in [0.1, 0.15) is 61.6 Å². The van der Waals surface area contributed by atoms with E-state index in [0.29, 0.717) is 156 Å². The summed E-state index contributed by atoms with van der Waals surface area (Å²) in [7, 11) is 0. The van der Waals surface area contributed by atoms with Crippen LogP contribution in [0.25, 0.3) is 40.1 Å². The first-order valence-corrected chi connectivity index (χ1v) is 44.4. The summed E-state index contributed by atoms with van der Waals surface area (Å²) in [6, 6.07) is 21.8. The highest BCUT2D eigenvalue weighted by molar-refractivity contribution is 6.33. The molecule has 33 heteroatoms. The molecular formula is C94H95Cl4N21O8. The Morgan fingerprint density at radius 1 is 0.331 bits per heavy atom. The van der Waals surface area contributed by atoms with Gasteiger partial charge in [-0.15, -0.1) is 4.80 Å². The molecule has 29 nitrogen and oxygen atoms in total. The zero-order chi connectivity index (χ0) is 88.3. The van der Waals surface area contributed by atoms with Crippen molar-refractivity contribution in [1.29, 1.82) is 0 Å². The number of aryl methyl sites for hydroxylation is 8. The number of amides is 4. The van der Waals surface area contributed by atoms with Gasteiger partial charge in [-0.2, -0.15) is 10.2 Å². The molecular weight excluding hydrogens is 1690 g/mol. The average molecular weight is 1790 g/mol. The van der Waals surface area contributed by atoms with E-state index < -0.39 is 0 Å². The third kappa shape index (κ3) is 19.4. The standard InChI is InChI=1S/3C24H24ClN5O2.C22H23ClN6O2/c1-14-10-18(25)23(28-12-14)32-20-11-16-5-7-19(20)30(13-16)24(31)21-17(6-4-15(2)29-21)22-26-8-3-9-27-22;1-14-8-17(21(28-11-14)22-26-6-3-7-27-22)24(31)30-13-16-4-5-19(30)20(10-16)32-23-18(25)9-15(2)12-29-23;1-14-8-17(22-26-6-3-7-27-22)21(28-11-14)24(31)30-13-16-4-5-19(30)20(10-16)32-23-18(25)9-15(2)12-29-23;1-13-7-16(20(24-10-13)29-26-5-6-27-29)22(30)28-12-15-3-4-18(28)19(9-15)31-21-17(23)8-14(2)11-25-21/h3-4,6,8-10,12,16,19-20H,5,7,11,13H2,1-2H3;2*3,6-9,11-12,16,19-20H,4-5,10,13H2,1-2H3;5-8,10-11,15,18-19H,3-4,9,12H2,1-2H3. The van der Waals surface area contributed by atoms with Gasteiger partial charge in [0.2, 0.25) is 23.5 Å². The zero-order valence-corrected chi connectivity index (χ0v) is 74.5. The van der Waals surface area contributed by atoms with Crippen LogP contribution in [0.2, 0.25) is 20.1 Å². The Morgan fingerprint density at radius 2 is 0.661 bits per heavy atom. The third-order valence-electron chi connectivity index (χ3n) is 24.7. The molecule has 0 spiro atoms. The molecule has 652 valence electrons. The van der Waals surface area contributed by atoms with E-state index in [1.165, 1.54) is 4.80 Å². The Morgan fingerprint density at radius 3 is 1.06 bits per heavy atom. The molecule has 0 radical (unpaired) electrons. The van der Waals surface area contributed by atoms with Crippen molar-refractivity contribution < 1.29 is 38.1 Å².